The molecule has 0 aliphatic heterocycles. The molecule has 0 fully saturated rings. The zero-order valence-electron chi connectivity index (χ0n) is 45.9. The number of rotatable bonds is 54. The van der Waals surface area contributed by atoms with E-state index in [2.05, 4.69) is 42.0 Å². The first-order valence-electron chi connectivity index (χ1n) is 30.1. The van der Waals surface area contributed by atoms with Crippen molar-refractivity contribution < 1.29 is 39.2 Å². The van der Waals surface area contributed by atoms with Crippen LogP contribution in [0.3, 0.4) is 0 Å². The summed E-state index contributed by atoms with van der Waals surface area (Å²) < 4.78 is 0. The van der Waals surface area contributed by atoms with Gasteiger partial charge in [-0.1, -0.05) is 322 Å². The molecule has 0 radical (unpaired) electrons. The average molecular weight is 993 g/mol. The second-order valence-corrected chi connectivity index (χ2v) is 21.6. The van der Waals surface area contributed by atoms with Crippen LogP contribution in [-0.4, -0.2) is 41.3 Å². The zero-order valence-corrected chi connectivity index (χ0v) is 48.3. The van der Waals surface area contributed by atoms with Crippen LogP contribution in [0.25, 0.3) is 0 Å². The Balaban J connectivity index is -0.000000545. The number of halogens is 2. The molecule has 0 aliphatic rings. The second kappa shape index (κ2) is 68.0. The van der Waals surface area contributed by atoms with Gasteiger partial charge in [0.05, 0.1) is 41.3 Å². The standard InChI is InChI=1S/2C30H63N.BrH.ClH/c2*1-4-5-6-7-8-9-10-11-12-13-14-15-16-17-18-19-20-21-22-23-24-25-26-27-28-29-30-31(2)3;;/h2*4-30H2,1-3H3;2*1H. The van der Waals surface area contributed by atoms with E-state index in [9.17, 15) is 0 Å². The predicted octanol–water partition coefficient (Wildman–Crippen LogP) is 12.6. The van der Waals surface area contributed by atoms with Gasteiger partial charge in [0, 0.05) is 0 Å². The lowest BCUT2D eigenvalue weighted by Crippen LogP contribution is -3.05. The van der Waals surface area contributed by atoms with E-state index in [0.29, 0.717) is 0 Å². The highest BCUT2D eigenvalue weighted by Crippen LogP contribution is 2.18. The topological polar surface area (TPSA) is 8.88 Å². The number of unbranched alkanes of at least 4 members (excludes halogenated alkanes) is 50. The van der Waals surface area contributed by atoms with Crippen LogP contribution in [0.2, 0.25) is 0 Å². The van der Waals surface area contributed by atoms with Gasteiger partial charge in [-0.05, 0) is 25.7 Å². The molecular weight excluding hydrogens is 864 g/mol. The molecule has 2 nitrogen and oxygen atoms in total. The molecule has 0 saturated heterocycles. The van der Waals surface area contributed by atoms with E-state index in [1.807, 2.05) is 0 Å². The van der Waals surface area contributed by atoms with E-state index in [4.69, 9.17) is 0 Å². The van der Waals surface area contributed by atoms with Gasteiger partial charge in [0.25, 0.3) is 0 Å². The molecule has 2 N–H and O–H groups in total. The molecule has 0 unspecified atom stereocenters. The fourth-order valence-electron chi connectivity index (χ4n) is 9.59. The maximum atomic E-state index is 2.31. The molecule has 0 bridgehead atoms. The lowest BCUT2D eigenvalue weighted by molar-refractivity contribution is -0.858. The van der Waals surface area contributed by atoms with Crippen LogP contribution in [0.15, 0.2) is 0 Å². The van der Waals surface area contributed by atoms with Gasteiger partial charge < -0.3 is 39.2 Å². The van der Waals surface area contributed by atoms with Crippen LogP contribution in [0.1, 0.15) is 348 Å². The maximum absolute atomic E-state index is 2.31. The van der Waals surface area contributed by atoms with Crippen LogP contribution in [0.4, 0.5) is 0 Å². The van der Waals surface area contributed by atoms with E-state index in [1.54, 1.807) is 9.80 Å². The molecular formula is C60H128BrClN2. The highest BCUT2D eigenvalue weighted by Gasteiger charge is 2.00. The van der Waals surface area contributed by atoms with Gasteiger partial charge in [-0.15, -0.1) is 0 Å². The van der Waals surface area contributed by atoms with Crippen LogP contribution in [0.5, 0.6) is 0 Å². The predicted molar refractivity (Wildman–Crippen MR) is 287 cm³/mol. The summed E-state index contributed by atoms with van der Waals surface area (Å²) >= 11 is 0. The van der Waals surface area contributed by atoms with Crippen LogP contribution >= 0.6 is 0 Å². The lowest BCUT2D eigenvalue weighted by atomic mass is 10.0. The second-order valence-electron chi connectivity index (χ2n) is 21.6. The van der Waals surface area contributed by atoms with Gasteiger partial charge in [0.15, 0.2) is 0 Å². The third-order valence-electron chi connectivity index (χ3n) is 14.1. The minimum atomic E-state index is 0. The minimum absolute atomic E-state index is 0. The quantitative estimate of drug-likeness (QED) is 0.0562. The van der Waals surface area contributed by atoms with E-state index in [0.717, 1.165) is 0 Å². The van der Waals surface area contributed by atoms with E-state index < -0.39 is 0 Å². The summed E-state index contributed by atoms with van der Waals surface area (Å²) in [6, 6.07) is 0. The molecule has 0 heterocycles. The van der Waals surface area contributed by atoms with Crippen molar-refractivity contribution in [3.05, 3.63) is 0 Å². The molecule has 0 aromatic rings. The highest BCUT2D eigenvalue weighted by atomic mass is 79.9. The molecule has 0 aliphatic carbocycles. The van der Waals surface area contributed by atoms with E-state index >= 15 is 0 Å². The van der Waals surface area contributed by atoms with Crippen molar-refractivity contribution in [2.75, 3.05) is 41.3 Å². The summed E-state index contributed by atoms with van der Waals surface area (Å²) in [5.41, 5.74) is 0. The van der Waals surface area contributed by atoms with Gasteiger partial charge in [0.2, 0.25) is 0 Å². The molecule has 0 aromatic heterocycles. The van der Waals surface area contributed by atoms with Crippen molar-refractivity contribution in [3.63, 3.8) is 0 Å². The van der Waals surface area contributed by atoms with Crippen molar-refractivity contribution in [2.45, 2.75) is 348 Å². The van der Waals surface area contributed by atoms with Crippen molar-refractivity contribution in [2.24, 2.45) is 0 Å². The lowest BCUT2D eigenvalue weighted by Gasteiger charge is -2.06. The highest BCUT2D eigenvalue weighted by molar-refractivity contribution is 4.54. The fraction of sp³-hybridized carbons (Fsp3) is 1.00. The Bertz CT molecular complexity index is 672. The monoisotopic (exact) mass is 991 g/mol. The van der Waals surface area contributed by atoms with E-state index in [1.165, 1.54) is 347 Å². The van der Waals surface area contributed by atoms with Gasteiger partial charge in [-0.2, -0.15) is 0 Å². The summed E-state index contributed by atoms with van der Waals surface area (Å²) in [5, 5.41) is 0. The van der Waals surface area contributed by atoms with Crippen molar-refractivity contribution in [1.82, 2.24) is 0 Å². The fourth-order valence-corrected chi connectivity index (χ4v) is 9.59. The molecule has 0 aromatic carbocycles. The molecule has 392 valence electrons. The summed E-state index contributed by atoms with van der Waals surface area (Å²) in [6.45, 7) is 7.30. The van der Waals surface area contributed by atoms with Crippen molar-refractivity contribution in [1.29, 1.82) is 0 Å². The van der Waals surface area contributed by atoms with Gasteiger partial charge in [-0.25, -0.2) is 0 Å². The molecule has 0 rings (SSSR count). The molecule has 0 spiro atoms. The number of quaternary nitrogens is 2. The summed E-state index contributed by atoms with van der Waals surface area (Å²) in [4.78, 5) is 3.20. The van der Waals surface area contributed by atoms with Crippen molar-refractivity contribution in [3.8, 4) is 0 Å². The Morgan fingerprint density at radius 3 is 0.359 bits per heavy atom. The first-order chi connectivity index (χ1) is 30.5. The maximum Gasteiger partial charge on any atom is 0.0766 e. The number of hydrogen-bond donors (Lipinski definition) is 2. The molecule has 64 heavy (non-hydrogen) atoms. The minimum Gasteiger partial charge on any atom is -1.00 e. The molecule has 0 atom stereocenters. The Morgan fingerprint density at radius 2 is 0.266 bits per heavy atom. The van der Waals surface area contributed by atoms with Crippen molar-refractivity contribution >= 4 is 0 Å². The summed E-state index contributed by atoms with van der Waals surface area (Å²) in [7, 11) is 9.06. The van der Waals surface area contributed by atoms with Gasteiger partial charge in [-0.3, -0.25) is 0 Å². The molecule has 0 saturated carbocycles. The summed E-state index contributed by atoms with van der Waals surface area (Å²) in [6.07, 6.45) is 76.8. The number of hydrogen-bond acceptors (Lipinski definition) is 0. The Hall–Kier alpha value is 0.690. The van der Waals surface area contributed by atoms with Crippen LogP contribution in [0, 0.1) is 0 Å². The third-order valence-corrected chi connectivity index (χ3v) is 14.1. The van der Waals surface area contributed by atoms with Crippen LogP contribution < -0.4 is 39.2 Å². The zero-order chi connectivity index (χ0) is 45.3. The smallest absolute Gasteiger partial charge is 0.0766 e. The first-order valence-corrected chi connectivity index (χ1v) is 30.1. The third kappa shape index (κ3) is 74.2. The Labute approximate surface area is 425 Å². The molecule has 0 amide bonds. The van der Waals surface area contributed by atoms with E-state index in [-0.39, 0.29) is 29.4 Å². The molecule has 4 heteroatoms. The largest absolute Gasteiger partial charge is 1.00 e. The Kier molecular flexibility index (Phi) is 75.6. The van der Waals surface area contributed by atoms with Gasteiger partial charge >= 0.3 is 0 Å². The first kappa shape index (κ1) is 71.2. The van der Waals surface area contributed by atoms with Crippen LogP contribution in [-0.2, 0) is 0 Å². The number of nitrogens with one attached hydrogen (secondary N) is 2. The summed E-state index contributed by atoms with van der Waals surface area (Å²) in [5.74, 6) is 0. The van der Waals surface area contributed by atoms with Gasteiger partial charge in [0.1, 0.15) is 0 Å². The SMILES string of the molecule is CCCCCCCCCCCCCCCCCCCCCCCCCCCC[NH+](C)C.CCCCCCCCCCCCCCCCCCCCCCCCCCCC[NH+](C)C.[Br-].[Cl-]. The Morgan fingerprint density at radius 1 is 0.172 bits per heavy atom. The normalized spacial score (nSPS) is 11.2. The average Bonchev–Trinajstić information content (AvgIpc) is 3.26.